The minimum atomic E-state index is 0.574. The fourth-order valence-corrected chi connectivity index (χ4v) is 4.35. The molecular formula is C19H38N2. The molecule has 0 aromatic rings. The van der Waals surface area contributed by atoms with E-state index in [1.165, 1.54) is 110 Å². The van der Waals surface area contributed by atoms with Gasteiger partial charge in [0, 0.05) is 13.1 Å². The van der Waals surface area contributed by atoms with Crippen molar-refractivity contribution in [2.45, 2.75) is 84.0 Å². The van der Waals surface area contributed by atoms with Crippen LogP contribution in [0.4, 0.5) is 0 Å². The van der Waals surface area contributed by atoms with Crippen molar-refractivity contribution in [3.8, 4) is 0 Å². The van der Waals surface area contributed by atoms with Crippen LogP contribution in [0.3, 0.4) is 0 Å². The Labute approximate surface area is 133 Å². The van der Waals surface area contributed by atoms with Crippen molar-refractivity contribution in [1.29, 1.82) is 0 Å². The number of rotatable bonds is 6. The van der Waals surface area contributed by atoms with Gasteiger partial charge in [-0.3, -0.25) is 0 Å². The molecule has 1 N–H and O–H groups in total. The van der Waals surface area contributed by atoms with Gasteiger partial charge in [0.05, 0.1) is 0 Å². The van der Waals surface area contributed by atoms with E-state index >= 15 is 0 Å². The summed E-state index contributed by atoms with van der Waals surface area (Å²) in [5.41, 5.74) is 0.574. The van der Waals surface area contributed by atoms with Gasteiger partial charge in [-0.15, -0.1) is 0 Å². The fraction of sp³-hybridized carbons (Fsp3) is 1.00. The first-order valence-corrected chi connectivity index (χ1v) is 9.78. The summed E-state index contributed by atoms with van der Waals surface area (Å²) in [6.07, 6.45) is 17.3. The van der Waals surface area contributed by atoms with Gasteiger partial charge in [-0.25, -0.2) is 0 Å². The van der Waals surface area contributed by atoms with Crippen molar-refractivity contribution in [2.75, 3.05) is 32.7 Å². The molecule has 0 aromatic carbocycles. The zero-order valence-corrected chi connectivity index (χ0v) is 14.5. The Morgan fingerprint density at radius 2 is 1.38 bits per heavy atom. The van der Waals surface area contributed by atoms with Crippen LogP contribution >= 0.6 is 0 Å². The lowest BCUT2D eigenvalue weighted by Crippen LogP contribution is -2.45. The molecule has 0 amide bonds. The summed E-state index contributed by atoms with van der Waals surface area (Å²) in [6, 6.07) is 0. The standard InChI is InChI=1S/C19H38N2/c1-2-14-20-17-19(12-8-4-5-9-13-19)18-21-15-10-6-3-7-11-16-21/h20H,2-18H2,1H3. The zero-order chi connectivity index (χ0) is 14.8. The molecule has 1 saturated heterocycles. The van der Waals surface area contributed by atoms with Gasteiger partial charge in [-0.05, 0) is 57.2 Å². The highest BCUT2D eigenvalue weighted by Crippen LogP contribution is 2.36. The molecule has 0 radical (unpaired) electrons. The second kappa shape index (κ2) is 9.84. The smallest absolute Gasteiger partial charge is 0.00501 e. The van der Waals surface area contributed by atoms with Crippen molar-refractivity contribution in [2.24, 2.45) is 5.41 Å². The second-order valence-electron chi connectivity index (χ2n) is 7.63. The average molecular weight is 295 g/mol. The van der Waals surface area contributed by atoms with Crippen LogP contribution in [0, 0.1) is 5.41 Å². The van der Waals surface area contributed by atoms with Gasteiger partial charge in [0.25, 0.3) is 0 Å². The lowest BCUT2D eigenvalue weighted by Gasteiger charge is -2.39. The molecule has 1 heterocycles. The van der Waals surface area contributed by atoms with Gasteiger partial charge in [0.1, 0.15) is 0 Å². The molecule has 1 saturated carbocycles. The molecule has 124 valence electrons. The molecule has 0 atom stereocenters. The van der Waals surface area contributed by atoms with Gasteiger partial charge >= 0.3 is 0 Å². The van der Waals surface area contributed by atoms with Crippen molar-refractivity contribution >= 4 is 0 Å². The maximum atomic E-state index is 3.76. The second-order valence-corrected chi connectivity index (χ2v) is 7.63. The quantitative estimate of drug-likeness (QED) is 0.569. The summed E-state index contributed by atoms with van der Waals surface area (Å²) in [5.74, 6) is 0. The third kappa shape index (κ3) is 6.28. The van der Waals surface area contributed by atoms with Crippen LogP contribution in [0.2, 0.25) is 0 Å². The Hall–Kier alpha value is -0.0800. The van der Waals surface area contributed by atoms with E-state index in [0.717, 1.165) is 0 Å². The summed E-state index contributed by atoms with van der Waals surface area (Å²) in [5, 5.41) is 3.76. The van der Waals surface area contributed by atoms with E-state index in [2.05, 4.69) is 17.1 Å². The van der Waals surface area contributed by atoms with Gasteiger partial charge in [0.2, 0.25) is 0 Å². The van der Waals surface area contributed by atoms with Crippen LogP contribution in [0.1, 0.15) is 84.0 Å². The predicted molar refractivity (Wildman–Crippen MR) is 92.8 cm³/mol. The summed E-state index contributed by atoms with van der Waals surface area (Å²) in [4.78, 5) is 2.82. The largest absolute Gasteiger partial charge is 0.316 e. The van der Waals surface area contributed by atoms with Gasteiger partial charge in [-0.1, -0.05) is 51.9 Å². The number of likely N-dealkylation sites (tertiary alicyclic amines) is 1. The van der Waals surface area contributed by atoms with Crippen LogP contribution in [0.25, 0.3) is 0 Å². The highest BCUT2D eigenvalue weighted by Gasteiger charge is 2.32. The average Bonchev–Trinajstić information content (AvgIpc) is 2.68. The summed E-state index contributed by atoms with van der Waals surface area (Å²) in [6.45, 7) is 8.82. The van der Waals surface area contributed by atoms with Crippen molar-refractivity contribution in [3.63, 3.8) is 0 Å². The van der Waals surface area contributed by atoms with Crippen LogP contribution < -0.4 is 5.32 Å². The zero-order valence-electron chi connectivity index (χ0n) is 14.5. The van der Waals surface area contributed by atoms with Crippen molar-refractivity contribution in [3.05, 3.63) is 0 Å². The van der Waals surface area contributed by atoms with Crippen LogP contribution in [0.5, 0.6) is 0 Å². The van der Waals surface area contributed by atoms with E-state index in [4.69, 9.17) is 0 Å². The SMILES string of the molecule is CCCNCC1(CN2CCCCCCC2)CCCCCC1. The molecular weight excluding hydrogens is 256 g/mol. The van der Waals surface area contributed by atoms with E-state index < -0.39 is 0 Å². The third-order valence-corrected chi connectivity index (χ3v) is 5.60. The van der Waals surface area contributed by atoms with E-state index in [1.54, 1.807) is 0 Å². The predicted octanol–water partition coefficient (Wildman–Crippen LogP) is 4.59. The summed E-state index contributed by atoms with van der Waals surface area (Å²) >= 11 is 0. The third-order valence-electron chi connectivity index (χ3n) is 5.60. The van der Waals surface area contributed by atoms with Crippen molar-refractivity contribution in [1.82, 2.24) is 10.2 Å². The normalized spacial score (nSPS) is 25.0. The molecule has 0 spiro atoms. The van der Waals surface area contributed by atoms with Crippen LogP contribution in [0.15, 0.2) is 0 Å². The number of hydrogen-bond acceptors (Lipinski definition) is 2. The molecule has 1 aliphatic carbocycles. The first-order chi connectivity index (χ1) is 10.3. The first kappa shape index (κ1) is 17.3. The lowest BCUT2D eigenvalue weighted by atomic mass is 9.79. The number of nitrogens with one attached hydrogen (secondary N) is 1. The molecule has 2 fully saturated rings. The van der Waals surface area contributed by atoms with Gasteiger partial charge in [-0.2, -0.15) is 0 Å². The van der Waals surface area contributed by atoms with Crippen LogP contribution in [-0.2, 0) is 0 Å². The maximum absolute atomic E-state index is 3.76. The molecule has 0 unspecified atom stereocenters. The van der Waals surface area contributed by atoms with Gasteiger partial charge < -0.3 is 10.2 Å². The number of hydrogen-bond donors (Lipinski definition) is 1. The lowest BCUT2D eigenvalue weighted by molar-refractivity contribution is 0.119. The monoisotopic (exact) mass is 294 g/mol. The highest BCUT2D eigenvalue weighted by molar-refractivity contribution is 4.87. The minimum Gasteiger partial charge on any atom is -0.316 e. The fourth-order valence-electron chi connectivity index (χ4n) is 4.35. The Morgan fingerprint density at radius 3 is 2.00 bits per heavy atom. The maximum Gasteiger partial charge on any atom is 0.00501 e. The van der Waals surface area contributed by atoms with Crippen molar-refractivity contribution < 1.29 is 0 Å². The molecule has 21 heavy (non-hydrogen) atoms. The molecule has 2 rings (SSSR count). The topological polar surface area (TPSA) is 15.3 Å². The van der Waals surface area contributed by atoms with E-state index in [0.29, 0.717) is 5.41 Å². The Bertz CT molecular complexity index is 248. The summed E-state index contributed by atoms with van der Waals surface area (Å²) in [7, 11) is 0. The summed E-state index contributed by atoms with van der Waals surface area (Å²) < 4.78 is 0. The van der Waals surface area contributed by atoms with Crippen LogP contribution in [-0.4, -0.2) is 37.6 Å². The molecule has 2 heteroatoms. The Kier molecular flexibility index (Phi) is 8.10. The van der Waals surface area contributed by atoms with Gasteiger partial charge in [0.15, 0.2) is 0 Å². The Balaban J connectivity index is 1.92. The molecule has 1 aliphatic heterocycles. The van der Waals surface area contributed by atoms with E-state index in [1.807, 2.05) is 0 Å². The Morgan fingerprint density at radius 1 is 0.810 bits per heavy atom. The molecule has 2 aliphatic rings. The molecule has 2 nitrogen and oxygen atoms in total. The molecule has 0 aromatic heterocycles. The molecule has 0 bridgehead atoms. The first-order valence-electron chi connectivity index (χ1n) is 9.78. The highest BCUT2D eigenvalue weighted by atomic mass is 15.1. The van der Waals surface area contributed by atoms with E-state index in [9.17, 15) is 0 Å². The minimum absolute atomic E-state index is 0.574. The van der Waals surface area contributed by atoms with E-state index in [-0.39, 0.29) is 0 Å². The number of nitrogens with zero attached hydrogens (tertiary/aromatic N) is 1.